The fourth-order valence-corrected chi connectivity index (χ4v) is 3.13. The van der Waals surface area contributed by atoms with Crippen LogP contribution in [0.15, 0.2) is 58.5 Å². The number of benzene rings is 2. The number of nitrogens with zero attached hydrogens (tertiary/aromatic N) is 2. The van der Waals surface area contributed by atoms with Crippen LogP contribution in [0.4, 0.5) is 0 Å². The molecular weight excluding hydrogens is 276 g/mol. The van der Waals surface area contributed by atoms with Gasteiger partial charge in [0.25, 0.3) is 0 Å². The fraction of sp³-hybridized carbons (Fsp3) is 0.111. The molecule has 21 heavy (non-hydrogen) atoms. The van der Waals surface area contributed by atoms with Gasteiger partial charge in [0.1, 0.15) is 5.03 Å². The van der Waals surface area contributed by atoms with E-state index in [-0.39, 0.29) is 0 Å². The molecule has 0 aliphatic heterocycles. The highest BCUT2D eigenvalue weighted by molar-refractivity contribution is 7.99. The van der Waals surface area contributed by atoms with Gasteiger partial charge >= 0.3 is 0 Å². The Kier molecular flexibility index (Phi) is 3.64. The first-order chi connectivity index (χ1) is 10.2. The number of aromatic nitrogens is 1. The van der Waals surface area contributed by atoms with E-state index in [1.807, 2.05) is 30.3 Å². The quantitative estimate of drug-likeness (QED) is 0.675. The van der Waals surface area contributed by atoms with Crippen molar-refractivity contribution in [2.24, 2.45) is 0 Å². The van der Waals surface area contributed by atoms with Crippen LogP contribution in [-0.2, 0) is 0 Å². The van der Waals surface area contributed by atoms with E-state index >= 15 is 0 Å². The largest absolute Gasteiger partial charge is 0.241 e. The second-order valence-corrected chi connectivity index (χ2v) is 6.08. The van der Waals surface area contributed by atoms with Crippen molar-refractivity contribution in [3.05, 3.63) is 65.2 Å². The summed E-state index contributed by atoms with van der Waals surface area (Å²) in [6, 6.07) is 18.2. The average molecular weight is 290 g/mol. The standard InChI is InChI=1S/C18H14N2S/c1-12-7-8-15(9-13(12)2)21-18-10-14(11-19)16-5-3-4-6-17(16)20-18/h3-10H,1-2H3. The van der Waals surface area contributed by atoms with Crippen molar-refractivity contribution in [3.8, 4) is 6.07 Å². The van der Waals surface area contributed by atoms with Crippen LogP contribution < -0.4 is 0 Å². The summed E-state index contributed by atoms with van der Waals surface area (Å²) < 4.78 is 0. The predicted octanol–water partition coefficient (Wildman–Crippen LogP) is 4.87. The molecule has 0 saturated heterocycles. The van der Waals surface area contributed by atoms with E-state index in [9.17, 15) is 5.26 Å². The maximum absolute atomic E-state index is 9.32. The molecule has 3 heteroatoms. The number of aryl methyl sites for hydroxylation is 2. The number of nitriles is 1. The molecule has 0 aliphatic carbocycles. The van der Waals surface area contributed by atoms with E-state index in [2.05, 4.69) is 43.1 Å². The highest BCUT2D eigenvalue weighted by Gasteiger charge is 2.07. The second kappa shape index (κ2) is 5.59. The lowest BCUT2D eigenvalue weighted by atomic mass is 10.1. The van der Waals surface area contributed by atoms with Gasteiger partial charge in [-0.05, 0) is 49.2 Å². The average Bonchev–Trinajstić information content (AvgIpc) is 2.50. The predicted molar refractivity (Wildman–Crippen MR) is 86.5 cm³/mol. The lowest BCUT2D eigenvalue weighted by Crippen LogP contribution is -1.88. The third-order valence-electron chi connectivity index (χ3n) is 3.51. The summed E-state index contributed by atoms with van der Waals surface area (Å²) in [5.41, 5.74) is 4.08. The highest BCUT2D eigenvalue weighted by atomic mass is 32.2. The zero-order valence-corrected chi connectivity index (χ0v) is 12.7. The Balaban J connectivity index is 2.04. The third kappa shape index (κ3) is 2.76. The SMILES string of the molecule is Cc1ccc(Sc2cc(C#N)c3ccccc3n2)cc1C. The van der Waals surface area contributed by atoms with Gasteiger partial charge in [-0.15, -0.1) is 0 Å². The summed E-state index contributed by atoms with van der Waals surface area (Å²) in [6.07, 6.45) is 0. The zero-order valence-electron chi connectivity index (χ0n) is 11.9. The molecule has 0 fully saturated rings. The molecular formula is C18H14N2S. The molecule has 0 bridgehead atoms. The van der Waals surface area contributed by atoms with Crippen molar-refractivity contribution in [3.63, 3.8) is 0 Å². The van der Waals surface area contributed by atoms with Crippen LogP contribution in [0.3, 0.4) is 0 Å². The number of rotatable bonds is 2. The molecule has 2 nitrogen and oxygen atoms in total. The summed E-state index contributed by atoms with van der Waals surface area (Å²) >= 11 is 1.59. The first kappa shape index (κ1) is 13.7. The highest BCUT2D eigenvalue weighted by Crippen LogP contribution is 2.30. The minimum absolute atomic E-state index is 0.673. The monoisotopic (exact) mass is 290 g/mol. The molecule has 2 aromatic carbocycles. The number of hydrogen-bond donors (Lipinski definition) is 0. The van der Waals surface area contributed by atoms with Crippen LogP contribution in [-0.4, -0.2) is 4.98 Å². The topological polar surface area (TPSA) is 36.7 Å². The van der Waals surface area contributed by atoms with Crippen molar-refractivity contribution in [1.82, 2.24) is 4.98 Å². The first-order valence-corrected chi connectivity index (χ1v) is 7.54. The Labute approximate surface area is 128 Å². The van der Waals surface area contributed by atoms with Crippen LogP contribution in [0.2, 0.25) is 0 Å². The molecule has 3 rings (SSSR count). The molecule has 3 aromatic rings. The lowest BCUT2D eigenvalue weighted by Gasteiger charge is -2.07. The van der Waals surface area contributed by atoms with E-state index in [0.717, 1.165) is 20.8 Å². The van der Waals surface area contributed by atoms with Gasteiger partial charge in [0.2, 0.25) is 0 Å². The van der Waals surface area contributed by atoms with Crippen molar-refractivity contribution in [2.45, 2.75) is 23.8 Å². The molecule has 0 spiro atoms. The second-order valence-electron chi connectivity index (χ2n) is 4.99. The Bertz CT molecular complexity index is 863. The first-order valence-electron chi connectivity index (χ1n) is 6.72. The van der Waals surface area contributed by atoms with E-state index in [0.29, 0.717) is 5.56 Å². The summed E-state index contributed by atoms with van der Waals surface area (Å²) in [5.74, 6) is 0. The molecule has 1 heterocycles. The van der Waals surface area contributed by atoms with E-state index in [1.165, 1.54) is 11.1 Å². The molecule has 0 aliphatic rings. The van der Waals surface area contributed by atoms with Gasteiger partial charge in [-0.25, -0.2) is 4.98 Å². The number of pyridine rings is 1. The molecule has 1 aromatic heterocycles. The van der Waals surface area contributed by atoms with E-state index < -0.39 is 0 Å². The van der Waals surface area contributed by atoms with Gasteiger partial charge in [0.05, 0.1) is 17.1 Å². The summed E-state index contributed by atoms with van der Waals surface area (Å²) in [5, 5.41) is 11.1. The van der Waals surface area contributed by atoms with Crippen LogP contribution in [0.5, 0.6) is 0 Å². The van der Waals surface area contributed by atoms with Crippen LogP contribution in [0.25, 0.3) is 10.9 Å². The Morgan fingerprint density at radius 2 is 1.81 bits per heavy atom. The summed E-state index contributed by atoms with van der Waals surface area (Å²) in [6.45, 7) is 4.21. The zero-order chi connectivity index (χ0) is 14.8. The summed E-state index contributed by atoms with van der Waals surface area (Å²) in [4.78, 5) is 5.79. The normalized spacial score (nSPS) is 10.5. The van der Waals surface area contributed by atoms with Crippen molar-refractivity contribution >= 4 is 22.7 Å². The minimum Gasteiger partial charge on any atom is -0.241 e. The Morgan fingerprint density at radius 3 is 2.57 bits per heavy atom. The van der Waals surface area contributed by atoms with Crippen LogP contribution in [0, 0.1) is 25.2 Å². The molecule has 0 unspecified atom stereocenters. The summed E-state index contributed by atoms with van der Waals surface area (Å²) in [7, 11) is 0. The van der Waals surface area contributed by atoms with Crippen molar-refractivity contribution in [2.75, 3.05) is 0 Å². The molecule has 0 saturated carbocycles. The van der Waals surface area contributed by atoms with Gasteiger partial charge in [-0.1, -0.05) is 36.0 Å². The maximum Gasteiger partial charge on any atom is 0.103 e. The van der Waals surface area contributed by atoms with Gasteiger partial charge < -0.3 is 0 Å². The number of fused-ring (bicyclic) bond motifs is 1. The van der Waals surface area contributed by atoms with Crippen molar-refractivity contribution in [1.29, 1.82) is 5.26 Å². The molecule has 102 valence electrons. The molecule has 0 N–H and O–H groups in total. The van der Waals surface area contributed by atoms with Gasteiger partial charge in [-0.3, -0.25) is 0 Å². The molecule has 0 radical (unpaired) electrons. The van der Waals surface area contributed by atoms with E-state index in [4.69, 9.17) is 0 Å². The molecule has 0 atom stereocenters. The third-order valence-corrected chi connectivity index (χ3v) is 4.42. The van der Waals surface area contributed by atoms with Crippen LogP contribution >= 0.6 is 11.8 Å². The maximum atomic E-state index is 9.32. The smallest absolute Gasteiger partial charge is 0.103 e. The molecule has 0 amide bonds. The van der Waals surface area contributed by atoms with Crippen molar-refractivity contribution < 1.29 is 0 Å². The number of hydrogen-bond acceptors (Lipinski definition) is 3. The number of para-hydroxylation sites is 1. The van der Waals surface area contributed by atoms with Gasteiger partial charge in [0, 0.05) is 10.3 Å². The van der Waals surface area contributed by atoms with Crippen LogP contribution in [0.1, 0.15) is 16.7 Å². The van der Waals surface area contributed by atoms with E-state index in [1.54, 1.807) is 11.8 Å². The Morgan fingerprint density at radius 1 is 1.00 bits per heavy atom. The Hall–Kier alpha value is -2.31. The van der Waals surface area contributed by atoms with Gasteiger partial charge in [0.15, 0.2) is 0 Å². The fourth-order valence-electron chi connectivity index (χ4n) is 2.19. The van der Waals surface area contributed by atoms with Gasteiger partial charge in [-0.2, -0.15) is 5.26 Å². The lowest BCUT2D eigenvalue weighted by molar-refractivity contribution is 1.17. The minimum atomic E-state index is 0.673.